The zero-order valence-corrected chi connectivity index (χ0v) is 14.3. The molecule has 1 fully saturated rings. The Labute approximate surface area is 136 Å². The Hall–Kier alpha value is -0.600. The summed E-state index contributed by atoms with van der Waals surface area (Å²) < 4.78 is 8.41. The molecule has 3 heterocycles. The minimum absolute atomic E-state index is 0.322. The summed E-state index contributed by atoms with van der Waals surface area (Å²) in [5, 5.41) is 5.07. The Bertz CT molecular complexity index is 645. The molecule has 0 amide bonds. The molecule has 3 rings (SSSR count). The van der Waals surface area contributed by atoms with Gasteiger partial charge in [0.2, 0.25) is 0 Å². The maximum absolute atomic E-state index is 6.21. The highest BCUT2D eigenvalue weighted by Gasteiger charge is 2.24. The lowest BCUT2D eigenvalue weighted by Crippen LogP contribution is -2.44. The standard InChI is InChI=1S/C13H16ClIN4O/c1-3-19-12-9(18-4-5-20-7-8(18)2)6-10(14)16-11(12)13(15)17-19/h6,8H,3-5,7H2,1-2H3/t8-/m1/s1. The van der Waals surface area contributed by atoms with Gasteiger partial charge in [-0.1, -0.05) is 11.6 Å². The second kappa shape index (κ2) is 5.65. The zero-order valence-electron chi connectivity index (χ0n) is 11.4. The van der Waals surface area contributed by atoms with Crippen molar-refractivity contribution in [2.75, 3.05) is 24.7 Å². The molecule has 2 aromatic heterocycles. The molecular formula is C13H16ClIN4O. The Morgan fingerprint density at radius 3 is 3.05 bits per heavy atom. The second-order valence-electron chi connectivity index (χ2n) is 4.89. The van der Waals surface area contributed by atoms with E-state index >= 15 is 0 Å². The molecule has 0 saturated carbocycles. The molecule has 20 heavy (non-hydrogen) atoms. The maximum Gasteiger partial charge on any atom is 0.149 e. The van der Waals surface area contributed by atoms with E-state index in [1.165, 1.54) is 0 Å². The molecular weight excluding hydrogens is 391 g/mol. The molecule has 0 bridgehead atoms. The van der Waals surface area contributed by atoms with E-state index in [-0.39, 0.29) is 0 Å². The van der Waals surface area contributed by atoms with Crippen LogP contribution in [0.25, 0.3) is 11.0 Å². The summed E-state index contributed by atoms with van der Waals surface area (Å²) in [7, 11) is 0. The summed E-state index contributed by atoms with van der Waals surface area (Å²) in [6.07, 6.45) is 0. The summed E-state index contributed by atoms with van der Waals surface area (Å²) in [6.45, 7) is 7.40. The van der Waals surface area contributed by atoms with Crippen molar-refractivity contribution < 1.29 is 4.74 Å². The second-order valence-corrected chi connectivity index (χ2v) is 6.29. The number of ether oxygens (including phenoxy) is 1. The van der Waals surface area contributed by atoms with Gasteiger partial charge in [-0.2, -0.15) is 5.10 Å². The molecule has 7 heteroatoms. The smallest absolute Gasteiger partial charge is 0.149 e. The number of halogens is 2. The van der Waals surface area contributed by atoms with Gasteiger partial charge in [-0.15, -0.1) is 0 Å². The van der Waals surface area contributed by atoms with Crippen molar-refractivity contribution in [1.29, 1.82) is 0 Å². The molecule has 0 N–H and O–H groups in total. The number of hydrogen-bond donors (Lipinski definition) is 0. The minimum atomic E-state index is 0.322. The van der Waals surface area contributed by atoms with Crippen LogP contribution in [-0.2, 0) is 11.3 Å². The molecule has 108 valence electrons. The first kappa shape index (κ1) is 14.3. The minimum Gasteiger partial charge on any atom is -0.377 e. The van der Waals surface area contributed by atoms with E-state index in [1.54, 1.807) is 0 Å². The van der Waals surface area contributed by atoms with Crippen LogP contribution in [0.1, 0.15) is 13.8 Å². The normalized spacial score (nSPS) is 19.8. The number of morpholine rings is 1. The molecule has 1 saturated heterocycles. The van der Waals surface area contributed by atoms with Crippen LogP contribution in [0.5, 0.6) is 0 Å². The molecule has 0 aromatic carbocycles. The van der Waals surface area contributed by atoms with E-state index in [1.807, 2.05) is 10.7 Å². The fourth-order valence-corrected chi connectivity index (χ4v) is 3.45. The number of hydrogen-bond acceptors (Lipinski definition) is 4. The third kappa shape index (κ3) is 2.37. The molecule has 0 spiro atoms. The van der Waals surface area contributed by atoms with Crippen molar-refractivity contribution in [3.05, 3.63) is 14.9 Å². The topological polar surface area (TPSA) is 43.2 Å². The summed E-state index contributed by atoms with van der Waals surface area (Å²) in [5.74, 6) is 0. The first-order chi connectivity index (χ1) is 9.61. The third-order valence-electron chi connectivity index (χ3n) is 3.58. The van der Waals surface area contributed by atoms with Gasteiger partial charge in [0.05, 0.1) is 18.9 Å². The van der Waals surface area contributed by atoms with E-state index in [2.05, 4.69) is 51.4 Å². The van der Waals surface area contributed by atoms with E-state index in [4.69, 9.17) is 16.3 Å². The van der Waals surface area contributed by atoms with E-state index in [0.29, 0.717) is 11.2 Å². The predicted molar refractivity (Wildman–Crippen MR) is 88.6 cm³/mol. The molecule has 5 nitrogen and oxygen atoms in total. The van der Waals surface area contributed by atoms with Crippen LogP contribution in [0.15, 0.2) is 6.07 Å². The van der Waals surface area contributed by atoms with E-state index < -0.39 is 0 Å². The van der Waals surface area contributed by atoms with Crippen LogP contribution in [0, 0.1) is 3.70 Å². The number of anilines is 1. The van der Waals surface area contributed by atoms with Gasteiger partial charge in [-0.05, 0) is 36.4 Å². The van der Waals surface area contributed by atoms with Crippen molar-refractivity contribution in [1.82, 2.24) is 14.8 Å². The summed E-state index contributed by atoms with van der Waals surface area (Å²) in [6, 6.07) is 2.26. The van der Waals surface area contributed by atoms with E-state index in [0.717, 1.165) is 46.7 Å². The zero-order chi connectivity index (χ0) is 14.3. The van der Waals surface area contributed by atoms with Gasteiger partial charge < -0.3 is 9.64 Å². The Morgan fingerprint density at radius 1 is 1.55 bits per heavy atom. The Kier molecular flexibility index (Phi) is 4.05. The number of fused-ring (bicyclic) bond motifs is 1. The first-order valence-corrected chi connectivity index (χ1v) is 8.14. The largest absolute Gasteiger partial charge is 0.377 e. The van der Waals surface area contributed by atoms with Crippen LogP contribution in [0.2, 0.25) is 5.15 Å². The fraction of sp³-hybridized carbons (Fsp3) is 0.538. The highest BCUT2D eigenvalue weighted by Crippen LogP contribution is 2.33. The van der Waals surface area contributed by atoms with Gasteiger partial charge in [0.15, 0.2) is 0 Å². The van der Waals surface area contributed by atoms with Gasteiger partial charge >= 0.3 is 0 Å². The van der Waals surface area contributed by atoms with Gasteiger partial charge in [0, 0.05) is 25.2 Å². The summed E-state index contributed by atoms with van der Waals surface area (Å²) in [4.78, 5) is 6.78. The molecule has 1 atom stereocenters. The highest BCUT2D eigenvalue weighted by atomic mass is 127. The lowest BCUT2D eigenvalue weighted by molar-refractivity contribution is 0.0990. The number of nitrogens with zero attached hydrogens (tertiary/aromatic N) is 4. The molecule has 0 aliphatic carbocycles. The van der Waals surface area contributed by atoms with Crippen molar-refractivity contribution in [2.24, 2.45) is 0 Å². The van der Waals surface area contributed by atoms with Gasteiger partial charge in [-0.3, -0.25) is 4.68 Å². The molecule has 1 aliphatic heterocycles. The first-order valence-electron chi connectivity index (χ1n) is 6.68. The quantitative estimate of drug-likeness (QED) is 0.568. The Balaban J connectivity index is 2.22. The van der Waals surface area contributed by atoms with Crippen LogP contribution < -0.4 is 4.90 Å². The highest BCUT2D eigenvalue weighted by molar-refractivity contribution is 14.1. The third-order valence-corrected chi connectivity index (χ3v) is 4.50. The van der Waals surface area contributed by atoms with Crippen LogP contribution >= 0.6 is 34.2 Å². The van der Waals surface area contributed by atoms with Crippen molar-refractivity contribution in [3.8, 4) is 0 Å². The van der Waals surface area contributed by atoms with Crippen molar-refractivity contribution >= 4 is 50.9 Å². The number of aryl methyl sites for hydroxylation is 1. The average molecular weight is 407 g/mol. The number of pyridine rings is 1. The van der Waals surface area contributed by atoms with Gasteiger partial charge in [0.25, 0.3) is 0 Å². The molecule has 2 aromatic rings. The summed E-state index contributed by atoms with van der Waals surface area (Å²) >= 11 is 8.42. The van der Waals surface area contributed by atoms with Gasteiger partial charge in [0.1, 0.15) is 19.9 Å². The molecule has 0 unspecified atom stereocenters. The van der Waals surface area contributed by atoms with E-state index in [9.17, 15) is 0 Å². The van der Waals surface area contributed by atoms with Crippen LogP contribution in [-0.4, -0.2) is 40.6 Å². The molecule has 0 radical (unpaired) electrons. The SMILES string of the molecule is CCn1nc(I)c2nc(Cl)cc(N3CCOC[C@H]3C)c21. The fourth-order valence-electron chi connectivity index (χ4n) is 2.63. The maximum atomic E-state index is 6.21. The van der Waals surface area contributed by atoms with Gasteiger partial charge in [-0.25, -0.2) is 4.98 Å². The number of rotatable bonds is 2. The van der Waals surface area contributed by atoms with Crippen LogP contribution in [0.3, 0.4) is 0 Å². The van der Waals surface area contributed by atoms with Crippen molar-refractivity contribution in [3.63, 3.8) is 0 Å². The average Bonchev–Trinajstić information content (AvgIpc) is 2.75. The lowest BCUT2D eigenvalue weighted by Gasteiger charge is -2.35. The van der Waals surface area contributed by atoms with Crippen molar-refractivity contribution in [2.45, 2.75) is 26.4 Å². The number of aromatic nitrogens is 3. The van der Waals surface area contributed by atoms with Crippen LogP contribution in [0.4, 0.5) is 5.69 Å². The monoisotopic (exact) mass is 406 g/mol. The summed E-state index contributed by atoms with van der Waals surface area (Å²) in [5.41, 5.74) is 3.05. The Morgan fingerprint density at radius 2 is 2.35 bits per heavy atom. The lowest BCUT2D eigenvalue weighted by atomic mass is 10.2. The molecule has 1 aliphatic rings. The predicted octanol–water partition coefficient (Wildman–Crippen LogP) is 2.93.